The summed E-state index contributed by atoms with van der Waals surface area (Å²) in [4.78, 5) is 24.1. The third-order valence-electron chi connectivity index (χ3n) is 4.43. The van der Waals surface area contributed by atoms with Crippen molar-refractivity contribution in [1.82, 2.24) is 0 Å². The number of halogens is 1. The van der Waals surface area contributed by atoms with E-state index >= 15 is 0 Å². The zero-order valence-corrected chi connectivity index (χ0v) is 12.9. The van der Waals surface area contributed by atoms with Crippen LogP contribution in [-0.4, -0.2) is 17.0 Å². The number of carboxylic acid groups (broad SMARTS) is 1. The molecule has 21 heavy (non-hydrogen) atoms. The van der Waals surface area contributed by atoms with Gasteiger partial charge < -0.3 is 10.4 Å². The molecule has 2 N–H and O–H groups in total. The number of anilines is 1. The highest BCUT2D eigenvalue weighted by atomic mass is 79.9. The summed E-state index contributed by atoms with van der Waals surface area (Å²) in [7, 11) is 0. The van der Waals surface area contributed by atoms with Crippen molar-refractivity contribution in [2.75, 3.05) is 5.32 Å². The summed E-state index contributed by atoms with van der Waals surface area (Å²) in [5.74, 6) is -2.15. The summed E-state index contributed by atoms with van der Waals surface area (Å²) < 4.78 is 0.875. The highest BCUT2D eigenvalue weighted by Gasteiger charge is 2.48. The second-order valence-corrected chi connectivity index (χ2v) is 6.60. The molecule has 5 heteroatoms. The highest BCUT2D eigenvalue weighted by molar-refractivity contribution is 9.10. The molecule has 110 valence electrons. The van der Waals surface area contributed by atoms with Crippen LogP contribution < -0.4 is 5.32 Å². The smallest absolute Gasteiger partial charge is 0.307 e. The summed E-state index contributed by atoms with van der Waals surface area (Å²) in [6.45, 7) is 0. The maximum absolute atomic E-state index is 12.6. The van der Waals surface area contributed by atoms with Gasteiger partial charge in [-0.25, -0.2) is 0 Å². The molecule has 4 rings (SSSR count). The number of nitrogens with one attached hydrogen (secondary N) is 1. The van der Waals surface area contributed by atoms with Gasteiger partial charge in [-0.2, -0.15) is 0 Å². The van der Waals surface area contributed by atoms with Crippen LogP contribution in [0.25, 0.3) is 0 Å². The number of carbonyl (C=O) groups excluding carboxylic acids is 1. The monoisotopic (exact) mass is 349 g/mol. The first-order valence-electron chi connectivity index (χ1n) is 7.04. The van der Waals surface area contributed by atoms with Gasteiger partial charge in [0.2, 0.25) is 5.91 Å². The molecule has 1 aromatic carbocycles. The topological polar surface area (TPSA) is 66.4 Å². The lowest BCUT2D eigenvalue weighted by atomic mass is 9.62. The van der Waals surface area contributed by atoms with Gasteiger partial charge in [0.25, 0.3) is 0 Å². The molecular weight excluding hydrogens is 334 g/mol. The fraction of sp³-hybridized carbons (Fsp3) is 0.375. The Kier molecular flexibility index (Phi) is 3.85. The Bertz CT molecular complexity index is 613. The molecule has 1 amide bonds. The largest absolute Gasteiger partial charge is 0.481 e. The van der Waals surface area contributed by atoms with Gasteiger partial charge in [0.1, 0.15) is 0 Å². The zero-order chi connectivity index (χ0) is 15.0. The number of amides is 1. The molecule has 4 atom stereocenters. The van der Waals surface area contributed by atoms with E-state index in [0.29, 0.717) is 5.69 Å². The minimum atomic E-state index is -0.872. The number of hydrogen-bond donors (Lipinski definition) is 2. The van der Waals surface area contributed by atoms with Crippen molar-refractivity contribution in [1.29, 1.82) is 0 Å². The van der Waals surface area contributed by atoms with Crippen molar-refractivity contribution in [3.63, 3.8) is 0 Å². The lowest BCUT2D eigenvalue weighted by Gasteiger charge is -2.41. The van der Waals surface area contributed by atoms with Crippen LogP contribution in [0.4, 0.5) is 5.69 Å². The van der Waals surface area contributed by atoms with E-state index in [1.165, 1.54) is 0 Å². The van der Waals surface area contributed by atoms with Crippen LogP contribution in [0.2, 0.25) is 0 Å². The van der Waals surface area contributed by atoms with Crippen molar-refractivity contribution >= 4 is 33.5 Å². The Morgan fingerprint density at radius 1 is 1.14 bits per heavy atom. The van der Waals surface area contributed by atoms with Crippen LogP contribution in [0, 0.1) is 23.7 Å². The van der Waals surface area contributed by atoms with Crippen molar-refractivity contribution in [2.24, 2.45) is 23.7 Å². The average Bonchev–Trinajstić information content (AvgIpc) is 2.47. The lowest BCUT2D eigenvalue weighted by Crippen LogP contribution is -2.47. The zero-order valence-electron chi connectivity index (χ0n) is 11.3. The van der Waals surface area contributed by atoms with Gasteiger partial charge in [0.05, 0.1) is 11.8 Å². The Morgan fingerprint density at radius 3 is 2.38 bits per heavy atom. The maximum atomic E-state index is 12.6. The van der Waals surface area contributed by atoms with Gasteiger partial charge in [-0.3, -0.25) is 9.59 Å². The van der Waals surface area contributed by atoms with Gasteiger partial charge in [-0.1, -0.05) is 34.1 Å². The average molecular weight is 350 g/mol. The first-order valence-corrected chi connectivity index (χ1v) is 7.83. The van der Waals surface area contributed by atoms with Gasteiger partial charge in [-0.05, 0) is 42.9 Å². The van der Waals surface area contributed by atoms with E-state index in [1.807, 2.05) is 30.4 Å². The van der Waals surface area contributed by atoms with Crippen LogP contribution in [0.15, 0.2) is 40.9 Å². The molecule has 4 nitrogen and oxygen atoms in total. The van der Waals surface area contributed by atoms with E-state index in [-0.39, 0.29) is 17.7 Å². The number of allylic oxidation sites excluding steroid dienone is 2. The van der Waals surface area contributed by atoms with E-state index in [0.717, 1.165) is 17.3 Å². The second-order valence-electron chi connectivity index (χ2n) is 5.68. The molecule has 2 bridgehead atoms. The van der Waals surface area contributed by atoms with E-state index in [2.05, 4.69) is 21.2 Å². The first kappa shape index (κ1) is 14.3. The van der Waals surface area contributed by atoms with Crippen molar-refractivity contribution in [3.05, 3.63) is 40.9 Å². The number of benzene rings is 1. The molecular formula is C16H16BrNO3. The summed E-state index contributed by atoms with van der Waals surface area (Å²) in [6, 6.07) is 7.32. The molecule has 0 aliphatic heterocycles. The van der Waals surface area contributed by atoms with E-state index in [9.17, 15) is 14.7 Å². The molecule has 0 radical (unpaired) electrons. The van der Waals surface area contributed by atoms with Crippen LogP contribution in [0.1, 0.15) is 12.8 Å². The number of carbonyl (C=O) groups is 2. The van der Waals surface area contributed by atoms with Gasteiger partial charge >= 0.3 is 5.97 Å². The summed E-state index contributed by atoms with van der Waals surface area (Å²) >= 11 is 3.36. The number of fused-ring (bicyclic) bond motifs is 2. The van der Waals surface area contributed by atoms with Crippen LogP contribution in [0.5, 0.6) is 0 Å². The number of rotatable bonds is 3. The molecule has 0 heterocycles. The molecule has 3 aliphatic carbocycles. The minimum Gasteiger partial charge on any atom is -0.481 e. The van der Waals surface area contributed by atoms with Gasteiger partial charge in [-0.15, -0.1) is 0 Å². The molecule has 1 aromatic rings. The van der Waals surface area contributed by atoms with E-state index < -0.39 is 17.8 Å². The highest BCUT2D eigenvalue weighted by Crippen LogP contribution is 2.45. The SMILES string of the molecule is O=C(O)[C@H]1[C@H](C(=O)Nc2cccc(Br)c2)[C@H]2C=C[C@H]1CC2. The van der Waals surface area contributed by atoms with Gasteiger partial charge in [0.15, 0.2) is 0 Å². The van der Waals surface area contributed by atoms with Crippen LogP contribution in [0.3, 0.4) is 0 Å². The Balaban J connectivity index is 1.83. The third-order valence-corrected chi connectivity index (χ3v) is 4.92. The molecule has 1 saturated carbocycles. The second kappa shape index (κ2) is 5.64. The summed E-state index contributed by atoms with van der Waals surface area (Å²) in [5.41, 5.74) is 0.684. The van der Waals surface area contributed by atoms with Gasteiger partial charge in [0, 0.05) is 10.2 Å². The molecule has 0 spiro atoms. The predicted molar refractivity (Wildman–Crippen MR) is 82.7 cm³/mol. The number of aliphatic carboxylic acids is 1. The fourth-order valence-corrected chi connectivity index (χ4v) is 3.88. The summed E-state index contributed by atoms with van der Waals surface area (Å²) in [6.07, 6.45) is 5.73. The Morgan fingerprint density at radius 2 is 1.81 bits per heavy atom. The normalized spacial score (nSPS) is 30.1. The fourth-order valence-electron chi connectivity index (χ4n) is 3.48. The molecule has 3 aliphatic rings. The van der Waals surface area contributed by atoms with Crippen LogP contribution in [-0.2, 0) is 9.59 Å². The molecule has 0 unspecified atom stereocenters. The predicted octanol–water partition coefficient (Wildman–Crippen LogP) is 3.30. The molecule has 0 aromatic heterocycles. The third kappa shape index (κ3) is 2.75. The number of carboxylic acids is 1. The van der Waals surface area contributed by atoms with Crippen molar-refractivity contribution in [3.8, 4) is 0 Å². The number of hydrogen-bond acceptors (Lipinski definition) is 2. The Labute approximate surface area is 131 Å². The maximum Gasteiger partial charge on any atom is 0.307 e. The molecule has 0 saturated heterocycles. The van der Waals surface area contributed by atoms with E-state index in [4.69, 9.17) is 0 Å². The quantitative estimate of drug-likeness (QED) is 0.822. The standard InChI is InChI=1S/C16H16BrNO3/c17-11-2-1-3-12(8-11)18-15(19)13-9-4-6-10(7-5-9)14(13)16(20)21/h1-4,6,8-10,13-14H,5,7H2,(H,18,19)(H,20,21)/t9-,10-,13+,14+/m0/s1. The lowest BCUT2D eigenvalue weighted by molar-refractivity contribution is -0.151. The molecule has 1 fully saturated rings. The van der Waals surface area contributed by atoms with Crippen molar-refractivity contribution in [2.45, 2.75) is 12.8 Å². The summed E-state index contributed by atoms with van der Waals surface area (Å²) in [5, 5.41) is 12.3. The van der Waals surface area contributed by atoms with Crippen LogP contribution >= 0.6 is 15.9 Å². The Hall–Kier alpha value is -1.62. The van der Waals surface area contributed by atoms with Crippen molar-refractivity contribution < 1.29 is 14.7 Å². The minimum absolute atomic E-state index is 0.0224. The first-order chi connectivity index (χ1) is 10.1. The van der Waals surface area contributed by atoms with E-state index in [1.54, 1.807) is 6.07 Å².